The second kappa shape index (κ2) is 15.3. The van der Waals surface area contributed by atoms with E-state index in [1.165, 1.54) is 11.1 Å². The van der Waals surface area contributed by atoms with E-state index >= 15 is 0 Å². The Hall–Kier alpha value is -5.21. The molecule has 0 amide bonds. The minimum atomic E-state index is -0.250. The van der Waals surface area contributed by atoms with E-state index in [0.717, 1.165) is 35.6 Å². The quantitative estimate of drug-likeness (QED) is 0.216. The fourth-order valence-corrected chi connectivity index (χ4v) is 4.21. The number of carbonyl (C=O) groups is 2. The monoisotopic (exact) mass is 542 g/mol. The van der Waals surface area contributed by atoms with E-state index in [-0.39, 0.29) is 25.1 Å². The predicted octanol–water partition coefficient (Wildman–Crippen LogP) is 3.80. The number of hydrogen-bond donors (Lipinski definition) is 5. The van der Waals surface area contributed by atoms with Gasteiger partial charge < -0.3 is 25.6 Å². The number of rotatable bonds is 7. The first-order chi connectivity index (χ1) is 19.5. The van der Waals surface area contributed by atoms with Crippen molar-refractivity contribution in [3.63, 3.8) is 0 Å². The third-order valence-electron chi connectivity index (χ3n) is 6.02. The molecule has 4 aromatic rings. The van der Waals surface area contributed by atoms with Crippen LogP contribution in [0.25, 0.3) is 11.3 Å². The summed E-state index contributed by atoms with van der Waals surface area (Å²) in [7, 11) is 0. The largest absolute Gasteiger partial charge is 0.483 e. The number of aromatic amines is 1. The average molecular weight is 543 g/mol. The smallest absolute Gasteiger partial charge is 0.290 e. The number of hydrogen-bond acceptors (Lipinski definition) is 8. The number of carboxylic acid groups (broad SMARTS) is 2. The van der Waals surface area contributed by atoms with Gasteiger partial charge in [-0.1, -0.05) is 42.5 Å². The van der Waals surface area contributed by atoms with Gasteiger partial charge in [0.05, 0.1) is 41.3 Å². The molecule has 2 atom stereocenters. The SMILES string of the molecule is Cc1cc(-c2cnc3c(c2)NC[C@@H]([C@H](NCCc2ccc(C#N)cc2)c2ccccc2)O3)[nH]n1.O=CO.O=CO. The highest BCUT2D eigenvalue weighted by atomic mass is 16.5. The zero-order valence-electron chi connectivity index (χ0n) is 21.8. The van der Waals surface area contributed by atoms with Crippen molar-refractivity contribution in [1.82, 2.24) is 20.5 Å². The molecule has 206 valence electrons. The Morgan fingerprint density at radius 1 is 1.12 bits per heavy atom. The molecule has 2 aromatic carbocycles. The van der Waals surface area contributed by atoms with Crippen LogP contribution in [0.1, 0.15) is 28.4 Å². The number of pyridine rings is 1. The van der Waals surface area contributed by atoms with Gasteiger partial charge in [-0.15, -0.1) is 0 Å². The molecule has 1 aliphatic heterocycles. The maximum Gasteiger partial charge on any atom is 0.290 e. The van der Waals surface area contributed by atoms with E-state index in [4.69, 9.17) is 29.8 Å². The van der Waals surface area contributed by atoms with Crippen LogP contribution < -0.4 is 15.4 Å². The number of fused-ring (bicyclic) bond motifs is 1. The van der Waals surface area contributed by atoms with Crippen molar-refractivity contribution in [2.24, 2.45) is 0 Å². The van der Waals surface area contributed by atoms with E-state index in [2.05, 4.69) is 44.0 Å². The maximum absolute atomic E-state index is 9.00. The van der Waals surface area contributed by atoms with Gasteiger partial charge in [-0.3, -0.25) is 14.7 Å². The fraction of sp³-hybridized carbons (Fsp3) is 0.207. The molecule has 0 saturated carbocycles. The molecular formula is C29H30N6O5. The number of ether oxygens (including phenoxy) is 1. The lowest BCUT2D eigenvalue weighted by Crippen LogP contribution is -2.43. The van der Waals surface area contributed by atoms with Gasteiger partial charge in [0.25, 0.3) is 12.9 Å². The molecule has 5 rings (SSSR count). The lowest BCUT2D eigenvalue weighted by Gasteiger charge is -2.33. The molecule has 1 aliphatic rings. The Morgan fingerprint density at radius 2 is 1.82 bits per heavy atom. The summed E-state index contributed by atoms with van der Waals surface area (Å²) in [6.45, 7) is 2.89. The molecule has 0 spiro atoms. The molecule has 0 saturated heterocycles. The standard InChI is InChI=1S/C27H26N6O.2CH2O2/c1-18-13-23(33-32-18)22-14-24-27(31-16-22)34-25(17-30-24)26(21-5-3-2-4-6-21)29-12-11-19-7-9-20(15-28)10-8-19;2*2-1-3/h2-10,13-14,16,25-26,29-30H,11-12,17H2,1H3,(H,32,33);2*1H,(H,2,3)/t25-,26+;;/m0../s1. The first-order valence-electron chi connectivity index (χ1n) is 12.4. The predicted molar refractivity (Wildman–Crippen MR) is 149 cm³/mol. The summed E-state index contributed by atoms with van der Waals surface area (Å²) in [4.78, 5) is 21.3. The van der Waals surface area contributed by atoms with E-state index in [9.17, 15) is 0 Å². The van der Waals surface area contributed by atoms with Gasteiger partial charge in [0.1, 0.15) is 6.10 Å². The molecule has 5 N–H and O–H groups in total. The lowest BCUT2D eigenvalue weighted by atomic mass is 9.99. The number of aryl methyl sites for hydroxylation is 1. The highest BCUT2D eigenvalue weighted by Gasteiger charge is 2.29. The first-order valence-corrected chi connectivity index (χ1v) is 12.4. The van der Waals surface area contributed by atoms with Gasteiger partial charge in [0.2, 0.25) is 5.88 Å². The summed E-state index contributed by atoms with van der Waals surface area (Å²) in [5.74, 6) is 0.603. The van der Waals surface area contributed by atoms with E-state index in [0.29, 0.717) is 18.0 Å². The molecule has 11 heteroatoms. The van der Waals surface area contributed by atoms with Crippen LogP contribution >= 0.6 is 0 Å². The Balaban J connectivity index is 0.000000676. The van der Waals surface area contributed by atoms with Crippen molar-refractivity contribution in [3.05, 3.63) is 95.3 Å². The second-order valence-electron chi connectivity index (χ2n) is 8.65. The van der Waals surface area contributed by atoms with Crippen LogP contribution in [0.3, 0.4) is 0 Å². The highest BCUT2D eigenvalue weighted by Crippen LogP contribution is 2.33. The summed E-state index contributed by atoms with van der Waals surface area (Å²) in [6, 6.07) is 24.3. The van der Waals surface area contributed by atoms with Crippen molar-refractivity contribution >= 4 is 18.6 Å². The molecule has 2 aromatic heterocycles. The Kier molecular flexibility index (Phi) is 11.2. The van der Waals surface area contributed by atoms with Crippen molar-refractivity contribution < 1.29 is 24.5 Å². The molecule has 0 aliphatic carbocycles. The zero-order chi connectivity index (χ0) is 28.7. The van der Waals surface area contributed by atoms with Gasteiger partial charge >= 0.3 is 0 Å². The minimum absolute atomic E-state index is 0.00281. The normalized spacial score (nSPS) is 13.8. The maximum atomic E-state index is 9.00. The number of benzene rings is 2. The fourth-order valence-electron chi connectivity index (χ4n) is 4.21. The minimum Gasteiger partial charge on any atom is -0.483 e. The van der Waals surface area contributed by atoms with Crippen LogP contribution in [0.5, 0.6) is 5.88 Å². The van der Waals surface area contributed by atoms with Crippen LogP contribution in [0.2, 0.25) is 0 Å². The molecule has 0 fully saturated rings. The summed E-state index contributed by atoms with van der Waals surface area (Å²) >= 11 is 0. The number of anilines is 1. The summed E-state index contributed by atoms with van der Waals surface area (Å²) < 4.78 is 6.38. The number of H-pyrrole nitrogens is 1. The summed E-state index contributed by atoms with van der Waals surface area (Å²) in [5, 5.41) is 37.2. The van der Waals surface area contributed by atoms with Crippen molar-refractivity contribution in [2.45, 2.75) is 25.5 Å². The number of aromatic nitrogens is 3. The number of nitrogens with one attached hydrogen (secondary N) is 3. The van der Waals surface area contributed by atoms with Gasteiger partial charge in [-0.2, -0.15) is 10.4 Å². The van der Waals surface area contributed by atoms with Gasteiger partial charge in [-0.25, -0.2) is 4.98 Å². The number of nitriles is 1. The number of nitrogens with zero attached hydrogens (tertiary/aromatic N) is 3. The first kappa shape index (κ1) is 29.3. The molecule has 11 nitrogen and oxygen atoms in total. The van der Waals surface area contributed by atoms with Gasteiger partial charge in [0.15, 0.2) is 0 Å². The molecule has 3 heterocycles. The van der Waals surface area contributed by atoms with E-state index in [1.54, 1.807) is 0 Å². The molecule has 0 radical (unpaired) electrons. The molecule has 0 bridgehead atoms. The van der Waals surface area contributed by atoms with Crippen LogP contribution in [0.4, 0.5) is 5.69 Å². The van der Waals surface area contributed by atoms with Crippen LogP contribution in [-0.2, 0) is 16.0 Å². The topological polar surface area (TPSA) is 173 Å². The summed E-state index contributed by atoms with van der Waals surface area (Å²) in [5.41, 5.74) is 6.76. The highest BCUT2D eigenvalue weighted by molar-refractivity contribution is 5.67. The Morgan fingerprint density at radius 3 is 2.45 bits per heavy atom. The van der Waals surface area contributed by atoms with Gasteiger partial charge in [0, 0.05) is 11.8 Å². The molecule has 40 heavy (non-hydrogen) atoms. The van der Waals surface area contributed by atoms with Crippen LogP contribution in [-0.4, -0.2) is 57.5 Å². The van der Waals surface area contributed by atoms with Crippen LogP contribution in [0, 0.1) is 18.3 Å². The Bertz CT molecular complexity index is 1400. The average Bonchev–Trinajstić information content (AvgIpc) is 3.42. The van der Waals surface area contributed by atoms with Crippen molar-refractivity contribution in [1.29, 1.82) is 5.26 Å². The van der Waals surface area contributed by atoms with E-state index in [1.807, 2.05) is 67.7 Å². The third-order valence-corrected chi connectivity index (χ3v) is 6.02. The van der Waals surface area contributed by atoms with E-state index < -0.39 is 0 Å². The lowest BCUT2D eigenvalue weighted by molar-refractivity contribution is -0.123. The van der Waals surface area contributed by atoms with Crippen molar-refractivity contribution in [3.8, 4) is 23.2 Å². The second-order valence-corrected chi connectivity index (χ2v) is 8.65. The Labute approximate surface area is 231 Å². The van der Waals surface area contributed by atoms with Gasteiger partial charge in [-0.05, 0) is 55.3 Å². The summed E-state index contributed by atoms with van der Waals surface area (Å²) in [6.07, 6.45) is 2.55. The zero-order valence-corrected chi connectivity index (χ0v) is 21.8. The molecule has 0 unspecified atom stereocenters. The van der Waals surface area contributed by atoms with Crippen LogP contribution in [0.15, 0.2) is 72.9 Å². The van der Waals surface area contributed by atoms with Crippen molar-refractivity contribution in [2.75, 3.05) is 18.4 Å². The third kappa shape index (κ3) is 8.14. The molecular weight excluding hydrogens is 512 g/mol.